The molecule has 1 atom stereocenters. The van der Waals surface area contributed by atoms with Gasteiger partial charge in [-0.05, 0) is 36.8 Å². The quantitative estimate of drug-likeness (QED) is 0.725. The smallest absolute Gasteiger partial charge is 0.258 e. The van der Waals surface area contributed by atoms with Gasteiger partial charge in [0.1, 0.15) is 24.1 Å². The second kappa shape index (κ2) is 9.69. The summed E-state index contributed by atoms with van der Waals surface area (Å²) in [6.07, 6.45) is 0. The lowest BCUT2D eigenvalue weighted by Gasteiger charge is -2.21. The summed E-state index contributed by atoms with van der Waals surface area (Å²) < 4.78 is 11.0. The van der Waals surface area contributed by atoms with Crippen molar-refractivity contribution in [3.05, 3.63) is 60.2 Å². The van der Waals surface area contributed by atoms with Crippen LogP contribution in [0.25, 0.3) is 0 Å². The van der Waals surface area contributed by atoms with E-state index in [1.165, 1.54) is 4.90 Å². The normalized spacial score (nSPS) is 11.8. The lowest BCUT2D eigenvalue weighted by molar-refractivity contribution is -0.860. The van der Waals surface area contributed by atoms with Crippen LogP contribution in [0.1, 0.15) is 18.5 Å². The molecule has 0 bridgehead atoms. The number of carbonyl (C=O) groups is 1. The average Bonchev–Trinajstić information content (AvgIpc) is 2.61. The van der Waals surface area contributed by atoms with Crippen LogP contribution in [0.4, 0.5) is 0 Å². The number of carbonyl (C=O) groups excluding carboxylic acids is 1. The van der Waals surface area contributed by atoms with Gasteiger partial charge in [-0.1, -0.05) is 30.3 Å². The van der Waals surface area contributed by atoms with Crippen LogP contribution in [0.2, 0.25) is 0 Å². The minimum Gasteiger partial charge on any atom is -0.494 e. The Hall–Kier alpha value is -2.53. The van der Waals surface area contributed by atoms with Crippen molar-refractivity contribution in [2.24, 2.45) is 0 Å². The fourth-order valence-electron chi connectivity index (χ4n) is 2.53. The first-order valence-electron chi connectivity index (χ1n) is 8.57. The third kappa shape index (κ3) is 6.47. The standard InChI is InChI=1S/C20H26N2O3/c1-4-24-17-10-12-18(13-11-17)25-15-20(23)21-19(14-22(2)3)16-8-6-5-7-9-16/h5-13,19H,4,14-15H2,1-3H3,(H,21,23)/p+1/t19-/m0/s1. The lowest BCUT2D eigenvalue weighted by Crippen LogP contribution is -3.06. The summed E-state index contributed by atoms with van der Waals surface area (Å²) in [6.45, 7) is 3.35. The first-order valence-corrected chi connectivity index (χ1v) is 8.57. The molecule has 0 saturated carbocycles. The van der Waals surface area contributed by atoms with Crippen LogP contribution in [0.3, 0.4) is 0 Å². The zero-order valence-corrected chi connectivity index (χ0v) is 15.1. The maximum absolute atomic E-state index is 12.3. The Balaban J connectivity index is 1.90. The molecule has 0 saturated heterocycles. The van der Waals surface area contributed by atoms with Crippen molar-refractivity contribution < 1.29 is 19.2 Å². The van der Waals surface area contributed by atoms with Crippen molar-refractivity contribution in [2.45, 2.75) is 13.0 Å². The number of likely N-dealkylation sites (N-methyl/N-ethyl adjacent to an activating group) is 1. The number of quaternary nitrogens is 1. The molecule has 0 heterocycles. The third-order valence-corrected chi connectivity index (χ3v) is 3.65. The van der Waals surface area contributed by atoms with Crippen molar-refractivity contribution in [3.8, 4) is 11.5 Å². The summed E-state index contributed by atoms with van der Waals surface area (Å²) in [5, 5.41) is 3.06. The predicted octanol–water partition coefficient (Wildman–Crippen LogP) is 1.47. The molecule has 2 aromatic rings. The highest BCUT2D eigenvalue weighted by atomic mass is 16.5. The fourth-order valence-corrected chi connectivity index (χ4v) is 2.53. The minimum atomic E-state index is -0.135. The lowest BCUT2D eigenvalue weighted by atomic mass is 10.1. The molecule has 0 aromatic heterocycles. The summed E-state index contributed by atoms with van der Waals surface area (Å²) in [4.78, 5) is 13.5. The van der Waals surface area contributed by atoms with E-state index < -0.39 is 0 Å². The Bertz CT molecular complexity index is 642. The van der Waals surface area contributed by atoms with Crippen molar-refractivity contribution in [3.63, 3.8) is 0 Å². The van der Waals surface area contributed by atoms with Gasteiger partial charge in [0.25, 0.3) is 5.91 Å². The van der Waals surface area contributed by atoms with E-state index in [-0.39, 0.29) is 18.6 Å². The van der Waals surface area contributed by atoms with E-state index in [1.54, 1.807) is 12.1 Å². The molecule has 2 aromatic carbocycles. The summed E-state index contributed by atoms with van der Waals surface area (Å²) in [5.74, 6) is 1.30. The van der Waals surface area contributed by atoms with Crippen LogP contribution >= 0.6 is 0 Å². The molecule has 0 aliphatic carbocycles. The second-order valence-electron chi connectivity index (χ2n) is 6.14. The molecule has 0 aliphatic rings. The predicted molar refractivity (Wildman–Crippen MR) is 98.1 cm³/mol. The van der Waals surface area contributed by atoms with Gasteiger partial charge in [-0.15, -0.1) is 0 Å². The number of amides is 1. The molecule has 2 N–H and O–H groups in total. The molecule has 0 unspecified atom stereocenters. The van der Waals surface area contributed by atoms with Crippen molar-refractivity contribution in [1.82, 2.24) is 5.32 Å². The molecular formula is C20H27N2O3+. The second-order valence-corrected chi connectivity index (χ2v) is 6.14. The molecule has 0 fully saturated rings. The van der Waals surface area contributed by atoms with Crippen LogP contribution in [-0.2, 0) is 4.79 Å². The van der Waals surface area contributed by atoms with E-state index in [0.717, 1.165) is 17.9 Å². The Morgan fingerprint density at radius 2 is 1.60 bits per heavy atom. The van der Waals surface area contributed by atoms with E-state index >= 15 is 0 Å². The molecule has 0 aliphatic heterocycles. The summed E-state index contributed by atoms with van der Waals surface area (Å²) in [6, 6.07) is 17.2. The van der Waals surface area contributed by atoms with Crippen LogP contribution in [0.15, 0.2) is 54.6 Å². The van der Waals surface area contributed by atoms with Gasteiger partial charge in [0.2, 0.25) is 0 Å². The van der Waals surface area contributed by atoms with Gasteiger partial charge < -0.3 is 19.7 Å². The molecule has 5 heteroatoms. The Morgan fingerprint density at radius 1 is 1.00 bits per heavy atom. The van der Waals surface area contributed by atoms with E-state index in [0.29, 0.717) is 12.4 Å². The van der Waals surface area contributed by atoms with Gasteiger partial charge in [-0.3, -0.25) is 4.79 Å². The van der Waals surface area contributed by atoms with Crippen molar-refractivity contribution in [1.29, 1.82) is 0 Å². The van der Waals surface area contributed by atoms with Crippen LogP contribution in [-0.4, -0.2) is 39.8 Å². The van der Waals surface area contributed by atoms with Gasteiger partial charge in [-0.2, -0.15) is 0 Å². The molecule has 0 radical (unpaired) electrons. The molecule has 1 amide bonds. The van der Waals surface area contributed by atoms with E-state index in [9.17, 15) is 4.79 Å². The number of rotatable bonds is 9. The maximum atomic E-state index is 12.3. The zero-order valence-electron chi connectivity index (χ0n) is 15.1. The van der Waals surface area contributed by atoms with Gasteiger partial charge in [-0.25, -0.2) is 0 Å². The van der Waals surface area contributed by atoms with Crippen molar-refractivity contribution >= 4 is 5.91 Å². The third-order valence-electron chi connectivity index (χ3n) is 3.65. The number of benzene rings is 2. The van der Waals surface area contributed by atoms with Crippen LogP contribution < -0.4 is 19.7 Å². The van der Waals surface area contributed by atoms with E-state index in [1.807, 2.05) is 49.4 Å². The van der Waals surface area contributed by atoms with Gasteiger partial charge >= 0.3 is 0 Å². The monoisotopic (exact) mass is 343 g/mol. The molecule has 0 spiro atoms. The van der Waals surface area contributed by atoms with Crippen LogP contribution in [0.5, 0.6) is 11.5 Å². The highest BCUT2D eigenvalue weighted by Crippen LogP contribution is 2.17. The summed E-state index contributed by atoms with van der Waals surface area (Å²) >= 11 is 0. The molecular weight excluding hydrogens is 316 g/mol. The fraction of sp³-hybridized carbons (Fsp3) is 0.350. The highest BCUT2D eigenvalue weighted by Gasteiger charge is 2.17. The van der Waals surface area contributed by atoms with Crippen LogP contribution in [0, 0.1) is 0 Å². The van der Waals surface area contributed by atoms with Crippen molar-refractivity contribution in [2.75, 3.05) is 33.9 Å². The first-order chi connectivity index (χ1) is 12.1. The summed E-state index contributed by atoms with van der Waals surface area (Å²) in [7, 11) is 4.14. The number of hydrogen-bond acceptors (Lipinski definition) is 3. The Labute approximate surface area is 149 Å². The highest BCUT2D eigenvalue weighted by molar-refractivity contribution is 5.78. The molecule has 5 nitrogen and oxygen atoms in total. The Kier molecular flexibility index (Phi) is 7.29. The largest absolute Gasteiger partial charge is 0.494 e. The number of ether oxygens (including phenoxy) is 2. The summed E-state index contributed by atoms with van der Waals surface area (Å²) in [5.41, 5.74) is 1.10. The van der Waals surface area contributed by atoms with Gasteiger partial charge in [0, 0.05) is 0 Å². The molecule has 25 heavy (non-hydrogen) atoms. The van der Waals surface area contributed by atoms with Gasteiger partial charge in [0.05, 0.1) is 20.7 Å². The maximum Gasteiger partial charge on any atom is 0.258 e. The van der Waals surface area contributed by atoms with E-state index in [4.69, 9.17) is 9.47 Å². The zero-order chi connectivity index (χ0) is 18.1. The minimum absolute atomic E-state index is 0.0138. The number of nitrogens with one attached hydrogen (secondary N) is 2. The van der Waals surface area contributed by atoms with Gasteiger partial charge in [0.15, 0.2) is 6.61 Å². The number of hydrogen-bond donors (Lipinski definition) is 2. The Morgan fingerprint density at radius 3 is 2.16 bits per heavy atom. The first kappa shape index (κ1) is 18.8. The average molecular weight is 343 g/mol. The molecule has 134 valence electrons. The topological polar surface area (TPSA) is 52.0 Å². The van der Waals surface area contributed by atoms with E-state index in [2.05, 4.69) is 19.4 Å². The SMILES string of the molecule is CCOc1ccc(OCC(=O)N[C@@H](C[NH+](C)C)c2ccccc2)cc1. The molecule has 2 rings (SSSR count).